The van der Waals surface area contributed by atoms with Crippen molar-refractivity contribution >= 4 is 11.4 Å². The molecule has 2 aromatic rings. The Bertz CT molecular complexity index is 836. The van der Waals surface area contributed by atoms with Crippen LogP contribution >= 0.6 is 0 Å². The van der Waals surface area contributed by atoms with Crippen LogP contribution in [0.5, 0.6) is 5.75 Å². The van der Waals surface area contributed by atoms with E-state index in [4.69, 9.17) is 0 Å². The second kappa shape index (κ2) is 6.41. The van der Waals surface area contributed by atoms with E-state index in [1.807, 2.05) is 30.0 Å². The molecule has 0 atom stereocenters. The summed E-state index contributed by atoms with van der Waals surface area (Å²) in [5, 5.41) is 9.68. The highest BCUT2D eigenvalue weighted by molar-refractivity contribution is 6.13. The Hall–Kier alpha value is -2.99. The van der Waals surface area contributed by atoms with Crippen LogP contribution in [0.25, 0.3) is 5.70 Å². The molecular weight excluding hydrogens is 284 g/mol. The van der Waals surface area contributed by atoms with Gasteiger partial charge < -0.3 is 5.11 Å². The first-order chi connectivity index (χ1) is 11.2. The van der Waals surface area contributed by atoms with Crippen LogP contribution in [-0.4, -0.2) is 22.4 Å². The van der Waals surface area contributed by atoms with Crippen LogP contribution in [0.2, 0.25) is 0 Å². The molecule has 3 nitrogen and oxygen atoms in total. The highest BCUT2D eigenvalue weighted by atomic mass is 16.3. The van der Waals surface area contributed by atoms with Crippen molar-refractivity contribution in [2.45, 2.75) is 13.8 Å². The Morgan fingerprint density at radius 2 is 1.87 bits per heavy atom. The number of aromatic hydroxyl groups is 1. The minimum absolute atomic E-state index is 0.242. The quantitative estimate of drug-likeness (QED) is 0.857. The molecule has 0 fully saturated rings. The molecule has 2 aromatic carbocycles. The van der Waals surface area contributed by atoms with Crippen molar-refractivity contribution in [1.29, 1.82) is 0 Å². The predicted octanol–water partition coefficient (Wildman–Crippen LogP) is 3.78. The third-order valence-corrected chi connectivity index (χ3v) is 3.68. The van der Waals surface area contributed by atoms with E-state index in [1.54, 1.807) is 12.1 Å². The Morgan fingerprint density at radius 3 is 2.57 bits per heavy atom. The molecule has 3 rings (SSSR count). The average molecular weight is 302 g/mol. The highest BCUT2D eigenvalue weighted by Crippen LogP contribution is 2.24. The van der Waals surface area contributed by atoms with Gasteiger partial charge in [-0.25, -0.2) is 0 Å². The summed E-state index contributed by atoms with van der Waals surface area (Å²) in [6.45, 7) is 4.37. The molecule has 1 aliphatic heterocycles. The van der Waals surface area contributed by atoms with Crippen LogP contribution in [0.15, 0.2) is 59.6 Å². The first-order valence-electron chi connectivity index (χ1n) is 7.50. The standard InChI is InChI=1S/C20H18N2O/c1-3-11-22-14-21-19(17-5-4-6-18(23)12-17)13-20(22)16-9-7-15(2)8-10-16/h4-10,12-13,23H,14H2,1-2H3. The zero-order valence-electron chi connectivity index (χ0n) is 13.2. The number of phenolic OH excluding ortho intramolecular Hbond substituents is 1. The number of hydrogen-bond donors (Lipinski definition) is 1. The molecule has 0 aromatic heterocycles. The molecule has 3 heteroatoms. The van der Waals surface area contributed by atoms with Crippen molar-refractivity contribution in [3.63, 3.8) is 0 Å². The van der Waals surface area contributed by atoms with Gasteiger partial charge in [0.25, 0.3) is 0 Å². The van der Waals surface area contributed by atoms with Gasteiger partial charge >= 0.3 is 0 Å². The lowest BCUT2D eigenvalue weighted by molar-refractivity contribution is 0.475. The number of allylic oxidation sites excluding steroid dienone is 1. The maximum atomic E-state index is 9.68. The van der Waals surface area contributed by atoms with Crippen molar-refractivity contribution in [2.75, 3.05) is 6.67 Å². The van der Waals surface area contributed by atoms with Crippen molar-refractivity contribution in [1.82, 2.24) is 4.90 Å². The van der Waals surface area contributed by atoms with E-state index < -0.39 is 0 Å². The summed E-state index contributed by atoms with van der Waals surface area (Å²) in [5.74, 6) is 3.18. The highest BCUT2D eigenvalue weighted by Gasteiger charge is 2.16. The summed E-state index contributed by atoms with van der Waals surface area (Å²) in [4.78, 5) is 6.53. The molecule has 0 saturated carbocycles. The Kier molecular flexibility index (Phi) is 4.16. The largest absolute Gasteiger partial charge is 0.508 e. The number of aryl methyl sites for hydroxylation is 1. The van der Waals surface area contributed by atoms with E-state index in [9.17, 15) is 5.11 Å². The molecule has 1 aliphatic rings. The normalized spacial score (nSPS) is 13.7. The topological polar surface area (TPSA) is 35.8 Å². The van der Waals surface area contributed by atoms with Crippen molar-refractivity contribution in [2.24, 2.45) is 4.99 Å². The smallest absolute Gasteiger partial charge is 0.123 e. The third kappa shape index (κ3) is 3.27. The van der Waals surface area contributed by atoms with E-state index >= 15 is 0 Å². The summed E-state index contributed by atoms with van der Waals surface area (Å²) >= 11 is 0. The first kappa shape index (κ1) is 14.9. The predicted molar refractivity (Wildman–Crippen MR) is 94.0 cm³/mol. The lowest BCUT2D eigenvalue weighted by atomic mass is 10.0. The SMILES string of the molecule is CC#CN1CN=C(c2cccc(O)c2)C=C1c1ccc(C)cc1. The van der Waals surface area contributed by atoms with E-state index in [1.165, 1.54) is 5.56 Å². The van der Waals surface area contributed by atoms with Gasteiger partial charge in [0.1, 0.15) is 12.4 Å². The van der Waals surface area contributed by atoms with Crippen LogP contribution in [-0.2, 0) is 0 Å². The zero-order valence-corrected chi connectivity index (χ0v) is 13.2. The van der Waals surface area contributed by atoms with Gasteiger partial charge in [-0.15, -0.1) is 0 Å². The van der Waals surface area contributed by atoms with E-state index in [0.717, 1.165) is 22.5 Å². The molecular formula is C20H18N2O. The van der Waals surface area contributed by atoms with E-state index in [2.05, 4.69) is 48.1 Å². The summed E-state index contributed by atoms with van der Waals surface area (Å²) in [7, 11) is 0. The summed E-state index contributed by atoms with van der Waals surface area (Å²) < 4.78 is 0. The van der Waals surface area contributed by atoms with Gasteiger partial charge in [-0.3, -0.25) is 9.89 Å². The van der Waals surface area contributed by atoms with Gasteiger partial charge in [0.2, 0.25) is 0 Å². The lowest BCUT2D eigenvalue weighted by Gasteiger charge is -2.24. The summed E-state index contributed by atoms with van der Waals surface area (Å²) in [6, 6.07) is 18.6. The molecule has 0 amide bonds. The minimum Gasteiger partial charge on any atom is -0.508 e. The van der Waals surface area contributed by atoms with Gasteiger partial charge in [-0.2, -0.15) is 0 Å². The molecule has 1 heterocycles. The molecule has 0 saturated heterocycles. The molecule has 0 spiro atoms. The van der Waals surface area contributed by atoms with Gasteiger partial charge in [0, 0.05) is 11.6 Å². The van der Waals surface area contributed by atoms with E-state index in [0.29, 0.717) is 6.67 Å². The monoisotopic (exact) mass is 302 g/mol. The maximum absolute atomic E-state index is 9.68. The first-order valence-corrected chi connectivity index (χ1v) is 7.50. The third-order valence-electron chi connectivity index (χ3n) is 3.68. The maximum Gasteiger partial charge on any atom is 0.123 e. The number of phenols is 1. The molecule has 0 unspecified atom stereocenters. The summed E-state index contributed by atoms with van der Waals surface area (Å²) in [6.07, 6.45) is 2.02. The van der Waals surface area contributed by atoms with Crippen LogP contribution in [0.4, 0.5) is 0 Å². The fourth-order valence-electron chi connectivity index (χ4n) is 2.51. The fourth-order valence-corrected chi connectivity index (χ4v) is 2.51. The second-order valence-corrected chi connectivity index (χ2v) is 5.42. The summed E-state index contributed by atoms with van der Waals surface area (Å²) in [5.41, 5.74) is 5.10. The Labute approximate surface area is 136 Å². The fraction of sp³-hybridized carbons (Fsp3) is 0.150. The molecule has 0 aliphatic carbocycles. The minimum atomic E-state index is 0.242. The number of aliphatic imine (C=N–C) groups is 1. The molecule has 0 radical (unpaired) electrons. The van der Waals surface area contributed by atoms with Crippen LogP contribution < -0.4 is 0 Å². The van der Waals surface area contributed by atoms with E-state index in [-0.39, 0.29) is 5.75 Å². The van der Waals surface area contributed by atoms with Crippen LogP contribution in [0, 0.1) is 18.9 Å². The molecule has 1 N–H and O–H groups in total. The number of hydrogen-bond acceptors (Lipinski definition) is 3. The van der Waals surface area contributed by atoms with Gasteiger partial charge in [0.15, 0.2) is 0 Å². The van der Waals surface area contributed by atoms with Crippen molar-refractivity contribution < 1.29 is 5.11 Å². The van der Waals surface area contributed by atoms with Crippen molar-refractivity contribution in [3.05, 3.63) is 71.3 Å². The second-order valence-electron chi connectivity index (χ2n) is 5.42. The number of benzene rings is 2. The zero-order chi connectivity index (χ0) is 16.2. The van der Waals surface area contributed by atoms with Crippen LogP contribution in [0.3, 0.4) is 0 Å². The van der Waals surface area contributed by atoms with Gasteiger partial charge in [-0.05, 0) is 37.6 Å². The Balaban J connectivity index is 2.04. The average Bonchev–Trinajstić information content (AvgIpc) is 2.56. The lowest BCUT2D eigenvalue weighted by Crippen LogP contribution is -2.23. The molecule has 114 valence electrons. The Morgan fingerprint density at radius 1 is 1.09 bits per heavy atom. The van der Waals surface area contributed by atoms with Gasteiger partial charge in [0.05, 0.1) is 11.4 Å². The molecule has 0 bridgehead atoms. The van der Waals surface area contributed by atoms with Gasteiger partial charge in [-0.1, -0.05) is 47.9 Å². The van der Waals surface area contributed by atoms with Crippen molar-refractivity contribution in [3.8, 4) is 17.7 Å². The number of rotatable bonds is 2. The number of nitrogens with zero attached hydrogens (tertiary/aromatic N) is 2. The van der Waals surface area contributed by atoms with Crippen LogP contribution in [0.1, 0.15) is 23.6 Å². The molecule has 23 heavy (non-hydrogen) atoms.